The lowest BCUT2D eigenvalue weighted by Crippen LogP contribution is -2.36. The molecule has 1 amide bonds. The van der Waals surface area contributed by atoms with Crippen LogP contribution in [0.25, 0.3) is 0 Å². The molecule has 0 aliphatic carbocycles. The highest BCUT2D eigenvalue weighted by Gasteiger charge is 2.29. The number of fused-ring (bicyclic) bond motifs is 1. The van der Waals surface area contributed by atoms with Gasteiger partial charge in [0.05, 0.1) is 17.0 Å². The molecule has 0 radical (unpaired) electrons. The summed E-state index contributed by atoms with van der Waals surface area (Å²) in [5.74, 6) is 0. The van der Waals surface area contributed by atoms with Gasteiger partial charge in [0.2, 0.25) is 0 Å². The zero-order valence-corrected chi connectivity index (χ0v) is 14.4. The van der Waals surface area contributed by atoms with Crippen molar-refractivity contribution in [1.82, 2.24) is 4.90 Å². The highest BCUT2D eigenvalue weighted by Crippen LogP contribution is 2.33. The van der Waals surface area contributed by atoms with Gasteiger partial charge in [-0.1, -0.05) is 46.3 Å². The molecule has 1 heterocycles. The fourth-order valence-corrected chi connectivity index (χ4v) is 3.32. The molecule has 2 aromatic carbocycles. The summed E-state index contributed by atoms with van der Waals surface area (Å²) in [4.78, 5) is 24.6. The largest absolute Gasteiger partial charge is 0.445 e. The van der Waals surface area contributed by atoms with E-state index in [0.717, 1.165) is 15.6 Å². The van der Waals surface area contributed by atoms with Crippen molar-refractivity contribution in [2.24, 2.45) is 0 Å². The standard InChI is InChI=1S/C17H15BrN2O4/c18-15-6-7-16(20(22)23)14-10-19(9-8-13(14)15)17(21)24-11-12-4-2-1-3-5-12/h1-7H,8-11H2. The second-order valence-corrected chi connectivity index (χ2v) is 6.35. The number of benzene rings is 2. The van der Waals surface area contributed by atoms with Gasteiger partial charge in [0.1, 0.15) is 6.61 Å². The van der Waals surface area contributed by atoms with Crippen LogP contribution in [0.4, 0.5) is 10.5 Å². The van der Waals surface area contributed by atoms with Gasteiger partial charge in [-0.2, -0.15) is 0 Å². The van der Waals surface area contributed by atoms with Crippen LogP contribution in [0.3, 0.4) is 0 Å². The van der Waals surface area contributed by atoms with Crippen LogP contribution in [0, 0.1) is 10.1 Å². The van der Waals surface area contributed by atoms with Gasteiger partial charge in [-0.15, -0.1) is 0 Å². The van der Waals surface area contributed by atoms with Crippen molar-refractivity contribution in [3.05, 3.63) is 73.7 Å². The molecule has 0 aromatic heterocycles. The van der Waals surface area contributed by atoms with Gasteiger partial charge in [-0.3, -0.25) is 10.1 Å². The Hall–Kier alpha value is -2.41. The Morgan fingerprint density at radius 3 is 2.67 bits per heavy atom. The fourth-order valence-electron chi connectivity index (χ4n) is 2.75. The molecule has 3 rings (SSSR count). The van der Waals surface area contributed by atoms with Crippen molar-refractivity contribution in [3.63, 3.8) is 0 Å². The van der Waals surface area contributed by atoms with Crippen molar-refractivity contribution >= 4 is 27.7 Å². The molecular weight excluding hydrogens is 376 g/mol. The van der Waals surface area contributed by atoms with Crippen molar-refractivity contribution in [1.29, 1.82) is 0 Å². The number of nitrogens with zero attached hydrogens (tertiary/aromatic N) is 2. The van der Waals surface area contributed by atoms with Crippen LogP contribution < -0.4 is 0 Å². The monoisotopic (exact) mass is 390 g/mol. The number of nitro benzene ring substituents is 1. The molecule has 0 N–H and O–H groups in total. The van der Waals surface area contributed by atoms with Gasteiger partial charge >= 0.3 is 6.09 Å². The van der Waals surface area contributed by atoms with Crippen LogP contribution in [0.1, 0.15) is 16.7 Å². The Labute approximate surface area is 147 Å². The van der Waals surface area contributed by atoms with E-state index in [1.54, 1.807) is 6.07 Å². The lowest BCUT2D eigenvalue weighted by atomic mass is 9.98. The second kappa shape index (κ2) is 7.00. The number of nitro groups is 1. The number of hydrogen-bond acceptors (Lipinski definition) is 4. The molecule has 6 nitrogen and oxygen atoms in total. The number of rotatable bonds is 3. The third-order valence-corrected chi connectivity index (χ3v) is 4.73. The smallest absolute Gasteiger partial charge is 0.410 e. The van der Waals surface area contributed by atoms with Gasteiger partial charge in [0.25, 0.3) is 5.69 Å². The highest BCUT2D eigenvalue weighted by molar-refractivity contribution is 9.10. The summed E-state index contributed by atoms with van der Waals surface area (Å²) in [6, 6.07) is 12.5. The lowest BCUT2D eigenvalue weighted by Gasteiger charge is -2.28. The summed E-state index contributed by atoms with van der Waals surface area (Å²) in [6.07, 6.45) is 0.0941. The van der Waals surface area contributed by atoms with Crippen molar-refractivity contribution in [2.45, 2.75) is 19.6 Å². The molecule has 0 bridgehead atoms. The van der Waals surface area contributed by atoms with E-state index in [1.165, 1.54) is 11.0 Å². The van der Waals surface area contributed by atoms with E-state index in [2.05, 4.69) is 15.9 Å². The Kier molecular flexibility index (Phi) is 4.80. The number of hydrogen-bond donors (Lipinski definition) is 0. The molecule has 124 valence electrons. The zero-order valence-electron chi connectivity index (χ0n) is 12.8. The van der Waals surface area contributed by atoms with E-state index in [9.17, 15) is 14.9 Å². The summed E-state index contributed by atoms with van der Waals surface area (Å²) in [5, 5.41) is 11.2. The van der Waals surface area contributed by atoms with Crippen LogP contribution in [0.2, 0.25) is 0 Å². The quantitative estimate of drug-likeness (QED) is 0.585. The minimum Gasteiger partial charge on any atom is -0.445 e. The summed E-state index contributed by atoms with van der Waals surface area (Å²) in [7, 11) is 0. The molecule has 0 fully saturated rings. The first-order valence-electron chi connectivity index (χ1n) is 7.46. The molecule has 0 unspecified atom stereocenters. The first-order valence-corrected chi connectivity index (χ1v) is 8.26. The van der Waals surface area contributed by atoms with Crippen molar-refractivity contribution in [3.8, 4) is 0 Å². The van der Waals surface area contributed by atoms with Crippen LogP contribution in [0.5, 0.6) is 0 Å². The van der Waals surface area contributed by atoms with E-state index >= 15 is 0 Å². The number of amides is 1. The molecule has 0 spiro atoms. The average molecular weight is 391 g/mol. The number of carbonyl (C=O) groups excluding carboxylic acids is 1. The van der Waals surface area contributed by atoms with E-state index in [4.69, 9.17) is 4.74 Å². The highest BCUT2D eigenvalue weighted by atomic mass is 79.9. The van der Waals surface area contributed by atoms with Gasteiger partial charge in [0, 0.05) is 17.1 Å². The molecule has 0 atom stereocenters. The van der Waals surface area contributed by atoms with Gasteiger partial charge in [0.15, 0.2) is 0 Å². The van der Waals surface area contributed by atoms with Crippen molar-refractivity contribution in [2.75, 3.05) is 6.54 Å². The maximum absolute atomic E-state index is 12.3. The van der Waals surface area contributed by atoms with Gasteiger partial charge in [-0.25, -0.2) is 4.79 Å². The van der Waals surface area contributed by atoms with Gasteiger partial charge in [-0.05, 0) is 23.6 Å². The van der Waals surface area contributed by atoms with Crippen LogP contribution in [-0.2, 0) is 24.3 Å². The predicted octanol–water partition coefficient (Wildman–Crippen LogP) is 4.05. The molecule has 1 aliphatic heterocycles. The summed E-state index contributed by atoms with van der Waals surface area (Å²) >= 11 is 3.43. The minimum absolute atomic E-state index is 0.0359. The first-order chi connectivity index (χ1) is 11.6. The van der Waals surface area contributed by atoms with Crippen molar-refractivity contribution < 1.29 is 14.5 Å². The molecule has 0 saturated heterocycles. The molecule has 1 aliphatic rings. The third-order valence-electron chi connectivity index (χ3n) is 3.99. The van der Waals surface area contributed by atoms with E-state index in [1.807, 2.05) is 30.3 Å². The van der Waals surface area contributed by atoms with Gasteiger partial charge < -0.3 is 9.64 Å². The Morgan fingerprint density at radius 2 is 1.96 bits per heavy atom. The predicted molar refractivity (Wildman–Crippen MR) is 91.5 cm³/mol. The fraction of sp³-hybridized carbons (Fsp3) is 0.235. The average Bonchev–Trinajstić information content (AvgIpc) is 2.60. The Bertz CT molecular complexity index is 780. The SMILES string of the molecule is O=C(OCc1ccccc1)N1CCc2c(Br)ccc([N+](=O)[O-])c2C1. The number of carbonyl (C=O) groups is 1. The normalized spacial score (nSPS) is 13.3. The minimum atomic E-state index is -0.459. The molecule has 7 heteroatoms. The molecule has 24 heavy (non-hydrogen) atoms. The Balaban J connectivity index is 1.73. The van der Waals surface area contributed by atoms with Crippen LogP contribution in [-0.4, -0.2) is 22.5 Å². The van der Waals surface area contributed by atoms with E-state index in [-0.39, 0.29) is 18.8 Å². The lowest BCUT2D eigenvalue weighted by molar-refractivity contribution is -0.385. The molecule has 0 saturated carbocycles. The molecular formula is C17H15BrN2O4. The van der Waals surface area contributed by atoms with Crippen LogP contribution >= 0.6 is 15.9 Å². The molecule has 2 aromatic rings. The first kappa shape index (κ1) is 16.4. The maximum Gasteiger partial charge on any atom is 0.410 e. The number of ether oxygens (including phenoxy) is 1. The summed E-state index contributed by atoms with van der Waals surface area (Å²) < 4.78 is 6.15. The topological polar surface area (TPSA) is 72.7 Å². The number of halogens is 1. The van der Waals surface area contributed by atoms with E-state index < -0.39 is 11.0 Å². The zero-order chi connectivity index (χ0) is 17.1. The van der Waals surface area contributed by atoms with Crippen LogP contribution in [0.15, 0.2) is 46.9 Å². The summed E-state index contributed by atoms with van der Waals surface area (Å²) in [5.41, 5.74) is 2.39. The second-order valence-electron chi connectivity index (χ2n) is 5.49. The summed E-state index contributed by atoms with van der Waals surface area (Å²) in [6.45, 7) is 0.836. The Morgan fingerprint density at radius 1 is 1.21 bits per heavy atom. The third kappa shape index (κ3) is 3.41. The maximum atomic E-state index is 12.3. The van der Waals surface area contributed by atoms with E-state index in [0.29, 0.717) is 18.5 Å².